The fourth-order valence-electron chi connectivity index (χ4n) is 3.60. The molecule has 1 N–H and O–H groups in total. The third-order valence-corrected chi connectivity index (χ3v) is 7.22. The predicted octanol–water partition coefficient (Wildman–Crippen LogP) is -0.336. The number of nitrogens with zero attached hydrogens (tertiary/aromatic N) is 5. The van der Waals surface area contributed by atoms with Crippen molar-refractivity contribution in [1.29, 1.82) is 0 Å². The summed E-state index contributed by atoms with van der Waals surface area (Å²) in [6.45, 7) is 9.86. The van der Waals surface area contributed by atoms with Crippen LogP contribution in [0.25, 0.3) is 0 Å². The van der Waals surface area contributed by atoms with E-state index >= 15 is 0 Å². The van der Waals surface area contributed by atoms with Gasteiger partial charge in [-0.2, -0.15) is 4.31 Å². The molecular weight excluding hydrogens is 392 g/mol. The molecule has 162 valence electrons. The number of pyridine rings is 1. The largest absolute Gasteiger partial charge is 0.354 e. The molecule has 0 bridgehead atoms. The molecule has 0 spiro atoms. The Labute approximate surface area is 173 Å². The van der Waals surface area contributed by atoms with Gasteiger partial charge in [0.1, 0.15) is 10.7 Å². The van der Waals surface area contributed by atoms with Gasteiger partial charge in [0.15, 0.2) is 0 Å². The molecule has 1 aromatic rings. The average molecular weight is 425 g/mol. The number of piperazine rings is 2. The molecule has 2 aliphatic rings. The number of aromatic nitrogens is 1. The summed E-state index contributed by atoms with van der Waals surface area (Å²) >= 11 is 0. The molecule has 3 rings (SSSR count). The van der Waals surface area contributed by atoms with Gasteiger partial charge in [0.2, 0.25) is 15.9 Å². The molecule has 0 aromatic carbocycles. The number of likely N-dealkylation sites (N-methyl/N-ethyl adjacent to an activating group) is 1. The molecule has 0 atom stereocenters. The first-order chi connectivity index (χ1) is 13.8. The molecule has 29 heavy (non-hydrogen) atoms. The first-order valence-corrected chi connectivity index (χ1v) is 11.6. The summed E-state index contributed by atoms with van der Waals surface area (Å²) in [6, 6.07) is 3.58. The molecule has 1 aromatic heterocycles. The summed E-state index contributed by atoms with van der Waals surface area (Å²) in [5.74, 6) is 0.818. The van der Waals surface area contributed by atoms with Crippen molar-refractivity contribution in [2.75, 3.05) is 70.9 Å². The van der Waals surface area contributed by atoms with Gasteiger partial charge in [0.25, 0.3) is 0 Å². The molecule has 10 heteroatoms. The normalized spacial score (nSPS) is 20.2. The van der Waals surface area contributed by atoms with E-state index in [9.17, 15) is 13.2 Å². The Bertz CT molecular complexity index is 783. The second-order valence-electron chi connectivity index (χ2n) is 8.04. The number of anilines is 1. The van der Waals surface area contributed by atoms with Gasteiger partial charge in [-0.1, -0.05) is 0 Å². The number of hydrogen-bond donors (Lipinski definition) is 1. The van der Waals surface area contributed by atoms with Crippen molar-refractivity contribution in [3.63, 3.8) is 0 Å². The topological polar surface area (TPSA) is 89.1 Å². The highest BCUT2D eigenvalue weighted by Crippen LogP contribution is 2.20. The van der Waals surface area contributed by atoms with Crippen molar-refractivity contribution >= 4 is 21.7 Å². The number of rotatable bonds is 6. The van der Waals surface area contributed by atoms with E-state index in [1.54, 1.807) is 12.1 Å². The SMILES string of the molecule is CC(C)NC(=O)CN1CCN(c2ccc(S(=O)(=O)N3CCN(C)CC3)cn2)CC1. The van der Waals surface area contributed by atoms with Gasteiger partial charge in [0.05, 0.1) is 6.54 Å². The van der Waals surface area contributed by atoms with Crippen LogP contribution in [0.4, 0.5) is 5.82 Å². The Hall–Kier alpha value is -1.75. The fraction of sp³-hybridized carbons (Fsp3) is 0.684. The molecule has 9 nitrogen and oxygen atoms in total. The van der Waals surface area contributed by atoms with Crippen molar-refractivity contribution in [1.82, 2.24) is 24.4 Å². The molecule has 0 radical (unpaired) electrons. The highest BCUT2D eigenvalue weighted by atomic mass is 32.2. The summed E-state index contributed by atoms with van der Waals surface area (Å²) in [5.41, 5.74) is 0. The maximum Gasteiger partial charge on any atom is 0.244 e. The van der Waals surface area contributed by atoms with E-state index in [0.717, 1.165) is 45.1 Å². The van der Waals surface area contributed by atoms with Gasteiger partial charge in [-0.15, -0.1) is 0 Å². The zero-order chi connectivity index (χ0) is 21.0. The number of carbonyl (C=O) groups excluding carboxylic acids is 1. The summed E-state index contributed by atoms with van der Waals surface area (Å²) in [6.07, 6.45) is 1.46. The standard InChI is InChI=1S/C19H32N6O3S/c1-16(2)21-19(26)15-23-8-10-24(11-9-23)18-5-4-17(14-20-18)29(27,28)25-12-6-22(3)7-13-25/h4-5,14,16H,6-13,15H2,1-3H3,(H,21,26). The van der Waals surface area contributed by atoms with Crippen LogP contribution in [0.2, 0.25) is 0 Å². The minimum absolute atomic E-state index is 0.0463. The van der Waals surface area contributed by atoms with Gasteiger partial charge in [0, 0.05) is 64.6 Å². The Morgan fingerprint density at radius 1 is 1.07 bits per heavy atom. The van der Waals surface area contributed by atoms with E-state index in [-0.39, 0.29) is 16.8 Å². The Balaban J connectivity index is 1.55. The lowest BCUT2D eigenvalue weighted by Gasteiger charge is -2.35. The van der Waals surface area contributed by atoms with Gasteiger partial charge in [-0.25, -0.2) is 13.4 Å². The van der Waals surface area contributed by atoms with Gasteiger partial charge in [-0.3, -0.25) is 9.69 Å². The van der Waals surface area contributed by atoms with Crippen LogP contribution in [0.5, 0.6) is 0 Å². The van der Waals surface area contributed by atoms with Crippen LogP contribution >= 0.6 is 0 Å². The Kier molecular flexibility index (Phi) is 7.10. The van der Waals surface area contributed by atoms with Crippen LogP contribution in [0.1, 0.15) is 13.8 Å². The molecule has 1 amide bonds. The van der Waals surface area contributed by atoms with Crippen molar-refractivity contribution in [2.45, 2.75) is 24.8 Å². The van der Waals surface area contributed by atoms with Crippen molar-refractivity contribution in [3.05, 3.63) is 18.3 Å². The first kappa shape index (κ1) is 21.9. The number of hydrogen-bond acceptors (Lipinski definition) is 7. The van der Waals surface area contributed by atoms with Crippen LogP contribution in [-0.4, -0.2) is 105 Å². The second kappa shape index (κ2) is 9.38. The lowest BCUT2D eigenvalue weighted by Crippen LogP contribution is -2.50. The van der Waals surface area contributed by atoms with Crippen LogP contribution in [0.15, 0.2) is 23.2 Å². The molecule has 2 saturated heterocycles. The van der Waals surface area contributed by atoms with Crippen LogP contribution in [-0.2, 0) is 14.8 Å². The van der Waals surface area contributed by atoms with E-state index in [4.69, 9.17) is 0 Å². The monoisotopic (exact) mass is 424 g/mol. The molecule has 2 fully saturated rings. The molecular formula is C19H32N6O3S. The molecule has 3 heterocycles. The highest BCUT2D eigenvalue weighted by Gasteiger charge is 2.28. The number of nitrogens with one attached hydrogen (secondary N) is 1. The smallest absolute Gasteiger partial charge is 0.244 e. The molecule has 0 aliphatic carbocycles. The van der Waals surface area contributed by atoms with Crippen molar-refractivity contribution in [3.8, 4) is 0 Å². The van der Waals surface area contributed by atoms with E-state index in [0.29, 0.717) is 19.6 Å². The first-order valence-electron chi connectivity index (χ1n) is 10.2. The van der Waals surface area contributed by atoms with Crippen LogP contribution < -0.4 is 10.2 Å². The number of sulfonamides is 1. The predicted molar refractivity (Wildman–Crippen MR) is 112 cm³/mol. The van der Waals surface area contributed by atoms with Crippen LogP contribution in [0.3, 0.4) is 0 Å². The zero-order valence-electron chi connectivity index (χ0n) is 17.5. The number of amides is 1. The summed E-state index contributed by atoms with van der Waals surface area (Å²) in [5, 5.41) is 2.91. The van der Waals surface area contributed by atoms with Gasteiger partial charge < -0.3 is 15.1 Å². The lowest BCUT2D eigenvalue weighted by atomic mass is 10.3. The zero-order valence-corrected chi connectivity index (χ0v) is 18.4. The van der Waals surface area contributed by atoms with E-state index in [2.05, 4.69) is 25.0 Å². The quantitative estimate of drug-likeness (QED) is 0.669. The molecule has 0 saturated carbocycles. The maximum absolute atomic E-state index is 12.8. The number of carbonyl (C=O) groups is 1. The average Bonchev–Trinajstić information content (AvgIpc) is 2.68. The minimum atomic E-state index is -3.49. The third-order valence-electron chi connectivity index (χ3n) is 5.33. The lowest BCUT2D eigenvalue weighted by molar-refractivity contribution is -0.122. The summed E-state index contributed by atoms with van der Waals surface area (Å²) in [7, 11) is -1.50. The minimum Gasteiger partial charge on any atom is -0.354 e. The summed E-state index contributed by atoms with van der Waals surface area (Å²) < 4.78 is 27.2. The van der Waals surface area contributed by atoms with E-state index in [1.165, 1.54) is 10.5 Å². The Morgan fingerprint density at radius 2 is 1.72 bits per heavy atom. The third kappa shape index (κ3) is 5.65. The van der Waals surface area contributed by atoms with Gasteiger partial charge >= 0.3 is 0 Å². The van der Waals surface area contributed by atoms with E-state index in [1.807, 2.05) is 20.9 Å². The van der Waals surface area contributed by atoms with Crippen molar-refractivity contribution < 1.29 is 13.2 Å². The highest BCUT2D eigenvalue weighted by molar-refractivity contribution is 7.89. The fourth-order valence-corrected chi connectivity index (χ4v) is 4.96. The van der Waals surface area contributed by atoms with Crippen LogP contribution in [0, 0.1) is 0 Å². The molecule has 0 unspecified atom stereocenters. The van der Waals surface area contributed by atoms with Crippen molar-refractivity contribution in [2.24, 2.45) is 0 Å². The summed E-state index contributed by atoms with van der Waals surface area (Å²) in [4.78, 5) is 22.9. The Morgan fingerprint density at radius 3 is 2.28 bits per heavy atom. The second-order valence-corrected chi connectivity index (χ2v) is 9.98. The maximum atomic E-state index is 12.8. The molecule has 2 aliphatic heterocycles. The van der Waals surface area contributed by atoms with Gasteiger partial charge in [-0.05, 0) is 33.0 Å². The van der Waals surface area contributed by atoms with E-state index < -0.39 is 10.0 Å².